The van der Waals surface area contributed by atoms with Crippen LogP contribution in [-0.4, -0.2) is 66.6 Å². The SMILES string of the molecule is CC(NC(=O)CNC(=O)C1CCCN1)C(=O)NC(CCCCN)C(=O)O. The van der Waals surface area contributed by atoms with Crippen molar-refractivity contribution in [3.05, 3.63) is 0 Å². The third-order valence-corrected chi connectivity index (χ3v) is 4.13. The highest BCUT2D eigenvalue weighted by Gasteiger charge is 2.25. The number of amides is 3. The van der Waals surface area contributed by atoms with E-state index < -0.39 is 29.9 Å². The molecule has 0 radical (unpaired) electrons. The van der Waals surface area contributed by atoms with Crippen LogP contribution in [0.5, 0.6) is 0 Å². The number of unbranched alkanes of at least 4 members (excludes halogenated alkanes) is 1. The number of nitrogens with two attached hydrogens (primary N) is 1. The zero-order valence-electron chi connectivity index (χ0n) is 15.0. The van der Waals surface area contributed by atoms with Crippen molar-refractivity contribution in [2.75, 3.05) is 19.6 Å². The molecule has 3 amide bonds. The van der Waals surface area contributed by atoms with Gasteiger partial charge in [0.25, 0.3) is 0 Å². The molecule has 148 valence electrons. The molecule has 3 atom stereocenters. The minimum Gasteiger partial charge on any atom is -0.480 e. The lowest BCUT2D eigenvalue weighted by molar-refractivity contribution is -0.142. The van der Waals surface area contributed by atoms with Crippen LogP contribution in [0.25, 0.3) is 0 Å². The lowest BCUT2D eigenvalue weighted by Gasteiger charge is -2.19. The maximum absolute atomic E-state index is 12.1. The molecular formula is C16H29N5O5. The fourth-order valence-corrected chi connectivity index (χ4v) is 2.60. The second-order valence-corrected chi connectivity index (χ2v) is 6.34. The van der Waals surface area contributed by atoms with E-state index in [-0.39, 0.29) is 24.9 Å². The first-order chi connectivity index (χ1) is 12.3. The fraction of sp³-hybridized carbons (Fsp3) is 0.750. The summed E-state index contributed by atoms with van der Waals surface area (Å²) >= 11 is 0. The van der Waals surface area contributed by atoms with Gasteiger partial charge in [-0.15, -0.1) is 0 Å². The molecule has 1 rings (SSSR count). The standard InChI is InChI=1S/C16H29N5O5/c1-10(14(23)21-12(16(25)26)5-2-3-7-17)20-13(22)9-19-15(24)11-6-4-8-18-11/h10-12,18H,2-9,17H2,1H3,(H,19,24)(H,20,22)(H,21,23)(H,25,26). The van der Waals surface area contributed by atoms with Gasteiger partial charge in [0.15, 0.2) is 0 Å². The molecule has 7 N–H and O–H groups in total. The summed E-state index contributed by atoms with van der Waals surface area (Å²) in [6.07, 6.45) is 3.16. The number of carboxylic acid groups (broad SMARTS) is 1. The highest BCUT2D eigenvalue weighted by atomic mass is 16.4. The third-order valence-electron chi connectivity index (χ3n) is 4.13. The Morgan fingerprint density at radius 2 is 1.96 bits per heavy atom. The lowest BCUT2D eigenvalue weighted by Crippen LogP contribution is -2.52. The van der Waals surface area contributed by atoms with Gasteiger partial charge in [-0.1, -0.05) is 0 Å². The van der Waals surface area contributed by atoms with Crippen LogP contribution in [0.2, 0.25) is 0 Å². The van der Waals surface area contributed by atoms with Gasteiger partial charge in [0, 0.05) is 0 Å². The molecule has 1 saturated heterocycles. The molecule has 0 aliphatic carbocycles. The number of carboxylic acids is 1. The fourth-order valence-electron chi connectivity index (χ4n) is 2.60. The van der Waals surface area contributed by atoms with Gasteiger partial charge in [0.05, 0.1) is 12.6 Å². The van der Waals surface area contributed by atoms with Crippen LogP contribution >= 0.6 is 0 Å². The maximum atomic E-state index is 12.1. The van der Waals surface area contributed by atoms with E-state index in [1.165, 1.54) is 6.92 Å². The van der Waals surface area contributed by atoms with E-state index >= 15 is 0 Å². The van der Waals surface area contributed by atoms with Crippen molar-refractivity contribution in [1.29, 1.82) is 0 Å². The second-order valence-electron chi connectivity index (χ2n) is 6.34. The van der Waals surface area contributed by atoms with Crippen molar-refractivity contribution < 1.29 is 24.3 Å². The Hall–Kier alpha value is -2.20. The molecule has 1 aliphatic heterocycles. The summed E-state index contributed by atoms with van der Waals surface area (Å²) in [6.45, 7) is 2.44. The second kappa shape index (κ2) is 11.4. The van der Waals surface area contributed by atoms with Crippen LogP contribution < -0.4 is 27.0 Å². The zero-order valence-corrected chi connectivity index (χ0v) is 15.0. The van der Waals surface area contributed by atoms with E-state index in [0.717, 1.165) is 19.4 Å². The molecule has 3 unspecified atom stereocenters. The Kier molecular flexibility index (Phi) is 9.60. The first-order valence-corrected chi connectivity index (χ1v) is 8.88. The van der Waals surface area contributed by atoms with Crippen LogP contribution in [0.15, 0.2) is 0 Å². The number of carbonyl (C=O) groups is 4. The molecule has 10 heteroatoms. The van der Waals surface area contributed by atoms with Gasteiger partial charge in [0.1, 0.15) is 12.1 Å². The quantitative estimate of drug-likeness (QED) is 0.230. The monoisotopic (exact) mass is 371 g/mol. The number of hydrogen-bond acceptors (Lipinski definition) is 6. The van der Waals surface area contributed by atoms with Crippen molar-refractivity contribution >= 4 is 23.7 Å². The molecule has 1 aliphatic rings. The molecule has 0 aromatic rings. The van der Waals surface area contributed by atoms with Crippen LogP contribution in [-0.2, 0) is 19.2 Å². The number of rotatable bonds is 11. The van der Waals surface area contributed by atoms with Gasteiger partial charge in [-0.3, -0.25) is 14.4 Å². The molecule has 1 heterocycles. The van der Waals surface area contributed by atoms with Crippen molar-refractivity contribution in [3.63, 3.8) is 0 Å². The third kappa shape index (κ3) is 7.79. The smallest absolute Gasteiger partial charge is 0.326 e. The predicted molar refractivity (Wildman–Crippen MR) is 94.1 cm³/mol. The van der Waals surface area contributed by atoms with Gasteiger partial charge in [-0.2, -0.15) is 0 Å². The number of nitrogens with one attached hydrogen (secondary N) is 4. The van der Waals surface area contributed by atoms with Gasteiger partial charge in [-0.25, -0.2) is 4.79 Å². The molecule has 0 aromatic carbocycles. The molecule has 0 aromatic heterocycles. The number of aliphatic carboxylic acids is 1. The summed E-state index contributed by atoms with van der Waals surface area (Å²) in [6, 6.07) is -2.23. The van der Waals surface area contributed by atoms with Crippen molar-refractivity contribution in [2.24, 2.45) is 5.73 Å². The Morgan fingerprint density at radius 3 is 2.54 bits per heavy atom. The summed E-state index contributed by atoms with van der Waals surface area (Å²) in [7, 11) is 0. The zero-order chi connectivity index (χ0) is 19.5. The van der Waals surface area contributed by atoms with Gasteiger partial charge in [0.2, 0.25) is 17.7 Å². The predicted octanol–water partition coefficient (Wildman–Crippen LogP) is -1.94. The van der Waals surface area contributed by atoms with E-state index in [1.807, 2.05) is 0 Å². The molecular weight excluding hydrogens is 342 g/mol. The van der Waals surface area contributed by atoms with Gasteiger partial charge >= 0.3 is 5.97 Å². The largest absolute Gasteiger partial charge is 0.480 e. The highest BCUT2D eigenvalue weighted by molar-refractivity contribution is 5.92. The number of carbonyl (C=O) groups excluding carboxylic acids is 3. The Morgan fingerprint density at radius 1 is 1.23 bits per heavy atom. The first kappa shape index (κ1) is 21.8. The Bertz CT molecular complexity index is 507. The average Bonchev–Trinajstić information content (AvgIpc) is 3.13. The summed E-state index contributed by atoms with van der Waals surface area (Å²) in [5.41, 5.74) is 5.37. The molecule has 1 fully saturated rings. The van der Waals surface area contributed by atoms with Crippen molar-refractivity contribution in [1.82, 2.24) is 21.3 Å². The average molecular weight is 371 g/mol. The topological polar surface area (TPSA) is 163 Å². The first-order valence-electron chi connectivity index (χ1n) is 8.88. The molecule has 0 bridgehead atoms. The van der Waals surface area contributed by atoms with Crippen molar-refractivity contribution in [3.8, 4) is 0 Å². The van der Waals surface area contributed by atoms with Crippen molar-refractivity contribution in [2.45, 2.75) is 57.2 Å². The minimum absolute atomic E-state index is 0.243. The minimum atomic E-state index is -1.13. The summed E-state index contributed by atoms with van der Waals surface area (Å²) in [5, 5.41) is 19.5. The van der Waals surface area contributed by atoms with E-state index in [2.05, 4.69) is 21.3 Å². The molecule has 10 nitrogen and oxygen atoms in total. The van der Waals surface area contributed by atoms with Crippen LogP contribution in [0.3, 0.4) is 0 Å². The molecule has 0 saturated carbocycles. The maximum Gasteiger partial charge on any atom is 0.326 e. The normalized spacial score (nSPS) is 18.6. The summed E-state index contributed by atoms with van der Waals surface area (Å²) in [4.78, 5) is 46.9. The van der Waals surface area contributed by atoms with Crippen LogP contribution in [0.1, 0.15) is 39.0 Å². The van der Waals surface area contributed by atoms with E-state index in [0.29, 0.717) is 19.4 Å². The van der Waals surface area contributed by atoms with Gasteiger partial charge in [-0.05, 0) is 52.1 Å². The van der Waals surface area contributed by atoms with Crippen LogP contribution in [0.4, 0.5) is 0 Å². The molecule has 0 spiro atoms. The van der Waals surface area contributed by atoms with Crippen LogP contribution in [0, 0.1) is 0 Å². The van der Waals surface area contributed by atoms with E-state index in [1.54, 1.807) is 0 Å². The summed E-state index contributed by atoms with van der Waals surface area (Å²) < 4.78 is 0. The molecule has 26 heavy (non-hydrogen) atoms. The summed E-state index contributed by atoms with van der Waals surface area (Å²) in [5.74, 6) is -2.50. The van der Waals surface area contributed by atoms with E-state index in [9.17, 15) is 19.2 Å². The highest BCUT2D eigenvalue weighted by Crippen LogP contribution is 2.04. The lowest BCUT2D eigenvalue weighted by atomic mass is 10.1. The Balaban J connectivity index is 2.35. The number of hydrogen-bond donors (Lipinski definition) is 6. The Labute approximate surface area is 152 Å². The van der Waals surface area contributed by atoms with Gasteiger partial charge < -0.3 is 32.1 Å². The van der Waals surface area contributed by atoms with E-state index in [4.69, 9.17) is 10.8 Å².